The van der Waals surface area contributed by atoms with Crippen molar-refractivity contribution in [2.75, 3.05) is 46.6 Å². The molecule has 0 spiro atoms. The smallest absolute Gasteiger partial charge is 0.308 e. The summed E-state index contributed by atoms with van der Waals surface area (Å²) in [6.45, 7) is 10.8. The first-order valence-corrected chi connectivity index (χ1v) is 13.7. The lowest BCUT2D eigenvalue weighted by molar-refractivity contribution is -0.144. The van der Waals surface area contributed by atoms with Crippen LogP contribution in [0.1, 0.15) is 64.9 Å². The summed E-state index contributed by atoms with van der Waals surface area (Å²) in [6.07, 6.45) is 7.37. The largest absolute Gasteiger partial charge is 0.493 e. The van der Waals surface area contributed by atoms with E-state index in [1.54, 1.807) is 7.11 Å². The van der Waals surface area contributed by atoms with Crippen molar-refractivity contribution in [1.29, 1.82) is 0 Å². The number of likely N-dealkylation sites (tertiary alicyclic amines) is 1. The third-order valence-electron chi connectivity index (χ3n) is 7.60. The zero-order valence-electron chi connectivity index (χ0n) is 23.6. The van der Waals surface area contributed by atoms with Crippen molar-refractivity contribution in [3.8, 4) is 17.2 Å². The number of fused-ring (bicyclic) bond motifs is 1. The number of benzene rings is 1. The number of amides is 1. The molecule has 2 aliphatic rings. The maximum absolute atomic E-state index is 13.5. The van der Waals surface area contributed by atoms with Crippen LogP contribution in [0.15, 0.2) is 24.3 Å². The molecule has 0 aliphatic carbocycles. The normalized spacial score (nSPS) is 21.3. The Bertz CT molecular complexity index is 987. The number of ether oxygens (including phenoxy) is 3. The number of allylic oxidation sites excluding steroid dienone is 2. The molecule has 3 atom stereocenters. The first kappa shape index (κ1) is 29.8. The van der Waals surface area contributed by atoms with E-state index < -0.39 is 11.9 Å². The maximum Gasteiger partial charge on any atom is 0.308 e. The molecule has 1 aromatic rings. The number of carboxylic acids is 1. The molecule has 212 valence electrons. The number of unbranched alkanes of at least 4 members (excludes halogenated alkanes) is 1. The Labute approximate surface area is 226 Å². The average molecular weight is 532 g/mol. The SMILES string of the molecule is C/C=C/C(C)(C)CC1C(C(=O)O)C(c2cc(OC)c3c(c2)OCO3)CN1CC(=O)N(CCCC)CCCN. The Hall–Kier alpha value is -2.78. The number of carbonyl (C=O) groups excluding carboxylic acids is 1. The van der Waals surface area contributed by atoms with Crippen molar-refractivity contribution in [3.05, 3.63) is 29.8 Å². The second-order valence-electron chi connectivity index (χ2n) is 11.0. The summed E-state index contributed by atoms with van der Waals surface area (Å²) >= 11 is 0. The van der Waals surface area contributed by atoms with Gasteiger partial charge >= 0.3 is 5.97 Å². The van der Waals surface area contributed by atoms with E-state index in [0.717, 1.165) is 24.8 Å². The topological polar surface area (TPSA) is 115 Å². The molecule has 0 radical (unpaired) electrons. The van der Waals surface area contributed by atoms with Crippen LogP contribution in [-0.2, 0) is 9.59 Å². The van der Waals surface area contributed by atoms with Crippen molar-refractivity contribution < 1.29 is 28.9 Å². The Kier molecular flexibility index (Phi) is 10.4. The number of nitrogens with two attached hydrogens (primary N) is 1. The van der Waals surface area contributed by atoms with Crippen LogP contribution in [0.4, 0.5) is 0 Å². The molecule has 3 rings (SSSR count). The number of hydrogen-bond acceptors (Lipinski definition) is 7. The van der Waals surface area contributed by atoms with Crippen molar-refractivity contribution in [1.82, 2.24) is 9.80 Å². The van der Waals surface area contributed by atoms with E-state index in [2.05, 4.69) is 31.7 Å². The fraction of sp³-hybridized carbons (Fsp3) is 0.655. The first-order valence-electron chi connectivity index (χ1n) is 13.7. The van der Waals surface area contributed by atoms with Gasteiger partial charge in [-0.05, 0) is 55.8 Å². The predicted molar refractivity (Wildman–Crippen MR) is 147 cm³/mol. The van der Waals surface area contributed by atoms with Gasteiger partial charge in [0.15, 0.2) is 11.5 Å². The lowest BCUT2D eigenvalue weighted by atomic mass is 9.77. The second-order valence-corrected chi connectivity index (χ2v) is 11.0. The zero-order valence-corrected chi connectivity index (χ0v) is 23.6. The summed E-state index contributed by atoms with van der Waals surface area (Å²) in [6, 6.07) is 3.38. The molecule has 0 saturated carbocycles. The van der Waals surface area contributed by atoms with Gasteiger partial charge in [0.25, 0.3) is 0 Å². The summed E-state index contributed by atoms with van der Waals surface area (Å²) < 4.78 is 16.7. The van der Waals surface area contributed by atoms with Gasteiger partial charge < -0.3 is 30.0 Å². The Morgan fingerprint density at radius 3 is 2.63 bits per heavy atom. The number of aliphatic carboxylic acids is 1. The number of nitrogens with zero attached hydrogens (tertiary/aromatic N) is 2. The standard InChI is InChI=1S/C29H45N3O6/c1-6-8-12-31(13-9-11-30)25(33)18-32-17-21(20-14-23(36-5)27-24(15-20)37-19-38-27)26(28(34)35)22(32)16-29(3,4)10-7-2/h7,10,14-15,21-22,26H,6,8-9,11-13,16-19,30H2,1-5H3,(H,34,35)/b10-7+. The van der Waals surface area contributed by atoms with Crippen LogP contribution in [0.3, 0.4) is 0 Å². The monoisotopic (exact) mass is 531 g/mol. The second kappa shape index (κ2) is 13.3. The fourth-order valence-corrected chi connectivity index (χ4v) is 5.77. The minimum atomic E-state index is -0.867. The van der Waals surface area contributed by atoms with Gasteiger partial charge in [-0.3, -0.25) is 14.5 Å². The quantitative estimate of drug-likeness (QED) is 0.348. The van der Waals surface area contributed by atoms with Gasteiger partial charge in [-0.15, -0.1) is 0 Å². The van der Waals surface area contributed by atoms with Crippen molar-refractivity contribution in [2.45, 2.75) is 65.3 Å². The highest BCUT2D eigenvalue weighted by Crippen LogP contribution is 2.48. The van der Waals surface area contributed by atoms with Crippen molar-refractivity contribution in [3.63, 3.8) is 0 Å². The molecule has 3 unspecified atom stereocenters. The van der Waals surface area contributed by atoms with Crippen molar-refractivity contribution >= 4 is 11.9 Å². The van der Waals surface area contributed by atoms with E-state index in [9.17, 15) is 14.7 Å². The summed E-state index contributed by atoms with van der Waals surface area (Å²) in [5.74, 6) is -0.287. The Morgan fingerprint density at radius 1 is 1.26 bits per heavy atom. The predicted octanol–water partition coefficient (Wildman–Crippen LogP) is 3.86. The lowest BCUT2D eigenvalue weighted by Crippen LogP contribution is -2.46. The highest BCUT2D eigenvalue weighted by atomic mass is 16.7. The summed E-state index contributed by atoms with van der Waals surface area (Å²) in [5, 5.41) is 10.5. The van der Waals surface area contributed by atoms with Crippen LogP contribution in [0.5, 0.6) is 17.2 Å². The number of rotatable bonds is 14. The molecule has 3 N–H and O–H groups in total. The molecule has 0 bridgehead atoms. The molecule has 9 heteroatoms. The van der Waals surface area contributed by atoms with Crippen LogP contribution in [0.25, 0.3) is 0 Å². The summed E-state index contributed by atoms with van der Waals surface area (Å²) in [4.78, 5) is 30.3. The molecule has 2 heterocycles. The minimum absolute atomic E-state index is 0.0220. The number of carbonyl (C=O) groups is 2. The van der Waals surface area contributed by atoms with Crippen molar-refractivity contribution in [2.24, 2.45) is 17.1 Å². The van der Waals surface area contributed by atoms with Gasteiger partial charge in [0.05, 0.1) is 19.6 Å². The summed E-state index contributed by atoms with van der Waals surface area (Å²) in [5.41, 5.74) is 6.31. The van der Waals surface area contributed by atoms with Gasteiger partial charge in [-0.1, -0.05) is 39.3 Å². The molecule has 1 fully saturated rings. The average Bonchev–Trinajstić information content (AvgIpc) is 3.48. The van der Waals surface area contributed by atoms with Crippen LogP contribution < -0.4 is 19.9 Å². The molecular weight excluding hydrogens is 486 g/mol. The van der Waals surface area contributed by atoms with E-state index in [1.807, 2.05) is 30.0 Å². The highest BCUT2D eigenvalue weighted by Gasteiger charge is 2.49. The number of hydrogen-bond donors (Lipinski definition) is 2. The van der Waals surface area contributed by atoms with Crippen LogP contribution >= 0.6 is 0 Å². The Morgan fingerprint density at radius 2 is 2.00 bits per heavy atom. The molecule has 1 saturated heterocycles. The minimum Gasteiger partial charge on any atom is -0.493 e. The first-order chi connectivity index (χ1) is 18.1. The van der Waals surface area contributed by atoms with Gasteiger partial charge in [0.2, 0.25) is 18.4 Å². The van der Waals surface area contributed by atoms with E-state index >= 15 is 0 Å². The third kappa shape index (κ3) is 6.99. The Balaban J connectivity index is 1.97. The highest BCUT2D eigenvalue weighted by molar-refractivity contribution is 5.79. The summed E-state index contributed by atoms with van der Waals surface area (Å²) in [7, 11) is 1.56. The molecule has 0 aromatic heterocycles. The maximum atomic E-state index is 13.5. The molecule has 1 aromatic carbocycles. The number of carboxylic acid groups (broad SMARTS) is 1. The number of methoxy groups -OCH3 is 1. The molecule has 38 heavy (non-hydrogen) atoms. The van der Waals surface area contributed by atoms with E-state index in [1.165, 1.54) is 0 Å². The molecule has 1 amide bonds. The van der Waals surface area contributed by atoms with E-state index in [0.29, 0.717) is 49.8 Å². The van der Waals surface area contributed by atoms with Crippen LogP contribution in [0.2, 0.25) is 0 Å². The van der Waals surface area contributed by atoms with Gasteiger partial charge in [-0.25, -0.2) is 0 Å². The van der Waals surface area contributed by atoms with Crippen LogP contribution in [0, 0.1) is 11.3 Å². The molecule has 2 aliphatic heterocycles. The van der Waals surface area contributed by atoms with Crippen LogP contribution in [-0.4, -0.2) is 79.5 Å². The van der Waals surface area contributed by atoms with E-state index in [-0.39, 0.29) is 36.6 Å². The van der Waals surface area contributed by atoms with Gasteiger partial charge in [-0.2, -0.15) is 0 Å². The fourth-order valence-electron chi connectivity index (χ4n) is 5.77. The molecule has 9 nitrogen and oxygen atoms in total. The lowest BCUT2D eigenvalue weighted by Gasteiger charge is -2.34. The molecular formula is C29H45N3O6. The van der Waals surface area contributed by atoms with Gasteiger partial charge in [0.1, 0.15) is 0 Å². The third-order valence-corrected chi connectivity index (χ3v) is 7.60. The van der Waals surface area contributed by atoms with Gasteiger partial charge in [0, 0.05) is 31.6 Å². The van der Waals surface area contributed by atoms with E-state index in [4.69, 9.17) is 19.9 Å². The zero-order chi connectivity index (χ0) is 27.9.